The van der Waals surface area contributed by atoms with Crippen molar-refractivity contribution in [2.24, 2.45) is 17.3 Å². The number of aliphatic hydroxyl groups is 2. The zero-order chi connectivity index (χ0) is 15.0. The maximum absolute atomic E-state index is 12.3. The van der Waals surface area contributed by atoms with Gasteiger partial charge in [0.2, 0.25) is 0 Å². The fraction of sp³-hybridized carbons (Fsp3) is 0.812. The maximum Gasteiger partial charge on any atom is 0.187 e. The molecule has 116 valence electrons. The molecule has 2 unspecified atom stereocenters. The number of hydrogen-bond donors (Lipinski definition) is 2. The summed E-state index contributed by atoms with van der Waals surface area (Å²) in [5.41, 5.74) is -0.837. The third-order valence-electron chi connectivity index (χ3n) is 6.27. The number of hydrogen-bond acceptors (Lipinski definition) is 5. The molecule has 2 N–H and O–H groups in total. The van der Waals surface area contributed by atoms with E-state index in [1.165, 1.54) is 0 Å². The summed E-state index contributed by atoms with van der Waals surface area (Å²) in [4.78, 5) is 12.3. The van der Waals surface area contributed by atoms with Crippen molar-refractivity contribution in [2.45, 2.75) is 50.6 Å². The quantitative estimate of drug-likeness (QED) is 0.686. The highest BCUT2D eigenvalue weighted by Crippen LogP contribution is 2.63. The minimum atomic E-state index is -1.21. The van der Waals surface area contributed by atoms with E-state index in [9.17, 15) is 15.0 Å². The molecule has 0 amide bonds. The molecule has 2 heterocycles. The van der Waals surface area contributed by atoms with Gasteiger partial charge in [-0.15, -0.1) is 0 Å². The lowest BCUT2D eigenvalue weighted by Gasteiger charge is -2.59. The van der Waals surface area contributed by atoms with Crippen LogP contribution in [0, 0.1) is 17.3 Å². The van der Waals surface area contributed by atoms with Gasteiger partial charge in [-0.3, -0.25) is 4.79 Å². The number of epoxide rings is 1. The van der Waals surface area contributed by atoms with Crippen LogP contribution in [-0.4, -0.2) is 53.1 Å². The van der Waals surface area contributed by atoms with E-state index in [1.807, 2.05) is 0 Å². The summed E-state index contributed by atoms with van der Waals surface area (Å²) in [7, 11) is 0. The Kier molecular flexibility index (Phi) is 2.75. The lowest BCUT2D eigenvalue weighted by molar-refractivity contribution is -0.255. The Morgan fingerprint density at radius 3 is 2.76 bits per heavy atom. The van der Waals surface area contributed by atoms with Gasteiger partial charge < -0.3 is 19.7 Å². The molecule has 1 saturated carbocycles. The van der Waals surface area contributed by atoms with Gasteiger partial charge in [0.15, 0.2) is 5.78 Å². The van der Waals surface area contributed by atoms with E-state index >= 15 is 0 Å². The molecule has 0 aromatic heterocycles. The van der Waals surface area contributed by atoms with E-state index in [2.05, 4.69) is 6.92 Å². The average molecular weight is 294 g/mol. The van der Waals surface area contributed by atoms with Crippen LogP contribution >= 0.6 is 0 Å². The number of aliphatic hydroxyl groups excluding tert-OH is 2. The lowest BCUT2D eigenvalue weighted by atomic mass is 9.52. The van der Waals surface area contributed by atoms with Gasteiger partial charge in [-0.25, -0.2) is 0 Å². The number of ketones is 1. The van der Waals surface area contributed by atoms with Crippen molar-refractivity contribution in [3.63, 3.8) is 0 Å². The first kappa shape index (κ1) is 13.9. The monoisotopic (exact) mass is 294 g/mol. The number of Topliss-reactive ketones (excluding diaryl/α,β-unsaturated/α-hetero) is 1. The summed E-state index contributed by atoms with van der Waals surface area (Å²) >= 11 is 0. The maximum atomic E-state index is 12.3. The van der Waals surface area contributed by atoms with Gasteiger partial charge in [0, 0.05) is 5.92 Å². The van der Waals surface area contributed by atoms with Crippen molar-refractivity contribution < 1.29 is 24.5 Å². The van der Waals surface area contributed by atoms with Crippen LogP contribution in [0.3, 0.4) is 0 Å². The highest BCUT2D eigenvalue weighted by molar-refractivity contribution is 6.00. The van der Waals surface area contributed by atoms with Crippen LogP contribution in [0.4, 0.5) is 0 Å². The summed E-state index contributed by atoms with van der Waals surface area (Å²) in [6.45, 7) is 4.21. The van der Waals surface area contributed by atoms with Gasteiger partial charge in [-0.05, 0) is 37.3 Å². The molecule has 1 spiro atoms. The molecular weight excluding hydrogens is 272 g/mol. The first-order valence-corrected chi connectivity index (χ1v) is 7.78. The zero-order valence-electron chi connectivity index (χ0n) is 12.4. The van der Waals surface area contributed by atoms with Gasteiger partial charge in [-0.1, -0.05) is 6.92 Å². The molecular formula is C16H22O5. The summed E-state index contributed by atoms with van der Waals surface area (Å²) in [6.07, 6.45) is 1.98. The van der Waals surface area contributed by atoms with Gasteiger partial charge in [0.25, 0.3) is 0 Å². The summed E-state index contributed by atoms with van der Waals surface area (Å²) < 4.78 is 12.0. The van der Waals surface area contributed by atoms with Gasteiger partial charge in [0.05, 0.1) is 30.8 Å². The molecule has 3 fully saturated rings. The molecule has 4 aliphatic rings. The molecule has 7 atom stereocenters. The zero-order valence-corrected chi connectivity index (χ0v) is 12.4. The molecule has 2 aliphatic heterocycles. The van der Waals surface area contributed by atoms with Gasteiger partial charge in [0.1, 0.15) is 11.7 Å². The second kappa shape index (κ2) is 4.16. The van der Waals surface area contributed by atoms with E-state index in [0.717, 1.165) is 12.8 Å². The van der Waals surface area contributed by atoms with Gasteiger partial charge in [-0.2, -0.15) is 0 Å². The molecule has 5 heteroatoms. The van der Waals surface area contributed by atoms with Crippen LogP contribution in [0.25, 0.3) is 0 Å². The largest absolute Gasteiger partial charge is 0.396 e. The average Bonchev–Trinajstić information content (AvgIpc) is 3.23. The molecule has 0 radical (unpaired) electrons. The smallest absolute Gasteiger partial charge is 0.187 e. The molecule has 21 heavy (non-hydrogen) atoms. The van der Waals surface area contributed by atoms with Crippen LogP contribution in [-0.2, 0) is 14.3 Å². The Bertz CT molecular complexity index is 523. The van der Waals surface area contributed by atoms with Crippen LogP contribution in [0.15, 0.2) is 11.6 Å². The Hall–Kier alpha value is -0.750. The van der Waals surface area contributed by atoms with E-state index in [-0.39, 0.29) is 24.4 Å². The Balaban J connectivity index is 1.86. The van der Waals surface area contributed by atoms with E-state index in [0.29, 0.717) is 18.1 Å². The van der Waals surface area contributed by atoms with Crippen molar-refractivity contribution in [3.05, 3.63) is 11.6 Å². The predicted octanol–water partition coefficient (Wildman–Crippen LogP) is 0.437. The molecule has 4 rings (SSSR count). The summed E-state index contributed by atoms with van der Waals surface area (Å²) in [5.74, 6) is 0.0685. The highest BCUT2D eigenvalue weighted by Gasteiger charge is 2.74. The second-order valence-electron chi connectivity index (χ2n) is 7.22. The number of fused-ring (bicyclic) bond motifs is 2. The SMILES string of the molecule is CC1=C[C@H]2O[C@@H]3[C@H](C)CC[C@H](C2(CO)C(O)C1=O)[C@]31CO1. The fourth-order valence-electron chi connectivity index (χ4n) is 5.01. The van der Waals surface area contributed by atoms with Crippen molar-refractivity contribution in [3.8, 4) is 0 Å². The topological polar surface area (TPSA) is 79.3 Å². The second-order valence-corrected chi connectivity index (χ2v) is 7.22. The number of rotatable bonds is 1. The van der Waals surface area contributed by atoms with Crippen molar-refractivity contribution in [2.75, 3.05) is 13.2 Å². The first-order chi connectivity index (χ1) is 9.97. The normalized spacial score (nSPS) is 55.1. The van der Waals surface area contributed by atoms with E-state index in [1.54, 1.807) is 13.0 Å². The standard InChI is InChI=1S/C16H22O5/c1-8-3-4-10-15(6-17)11(5-9(2)12(18)13(15)19)21-14(8)16(10)7-20-16/h5,8,10-11,13-14,17,19H,3-4,6-7H2,1-2H3/t8-,10-,11-,13?,14-,15?,16-/m1/s1. The minimum absolute atomic E-state index is 0.00891. The molecule has 0 aromatic carbocycles. The highest BCUT2D eigenvalue weighted by atomic mass is 16.6. The van der Waals surface area contributed by atoms with Crippen LogP contribution in [0.5, 0.6) is 0 Å². The molecule has 0 aromatic rings. The van der Waals surface area contributed by atoms with Crippen LogP contribution < -0.4 is 0 Å². The predicted molar refractivity (Wildman–Crippen MR) is 73.5 cm³/mol. The van der Waals surface area contributed by atoms with Gasteiger partial charge >= 0.3 is 0 Å². The Morgan fingerprint density at radius 1 is 1.43 bits per heavy atom. The van der Waals surface area contributed by atoms with E-state index in [4.69, 9.17) is 9.47 Å². The molecule has 2 aliphatic carbocycles. The van der Waals surface area contributed by atoms with Crippen LogP contribution in [0.1, 0.15) is 26.7 Å². The third kappa shape index (κ3) is 1.48. The number of carbonyl (C=O) groups is 1. The Labute approximate surface area is 123 Å². The molecule has 2 bridgehead atoms. The third-order valence-corrected chi connectivity index (χ3v) is 6.27. The molecule has 2 saturated heterocycles. The van der Waals surface area contributed by atoms with Crippen molar-refractivity contribution in [1.29, 1.82) is 0 Å². The Morgan fingerprint density at radius 2 is 2.14 bits per heavy atom. The van der Waals surface area contributed by atoms with Crippen molar-refractivity contribution >= 4 is 5.78 Å². The van der Waals surface area contributed by atoms with Crippen LogP contribution in [0.2, 0.25) is 0 Å². The van der Waals surface area contributed by atoms with E-state index < -0.39 is 23.2 Å². The minimum Gasteiger partial charge on any atom is -0.396 e. The fourth-order valence-corrected chi connectivity index (χ4v) is 5.01. The summed E-state index contributed by atoms with van der Waals surface area (Å²) in [6, 6.07) is 0. The number of ether oxygens (including phenoxy) is 2. The first-order valence-electron chi connectivity index (χ1n) is 7.78. The van der Waals surface area contributed by atoms with Crippen molar-refractivity contribution in [1.82, 2.24) is 0 Å². The lowest BCUT2D eigenvalue weighted by Crippen LogP contribution is -2.70. The summed E-state index contributed by atoms with van der Waals surface area (Å²) in [5, 5.41) is 20.8. The number of carbonyl (C=O) groups excluding carboxylic acids is 1. The molecule has 5 nitrogen and oxygen atoms in total.